The van der Waals surface area contributed by atoms with E-state index in [4.69, 9.17) is 20.3 Å². The quantitative estimate of drug-likeness (QED) is 0.834. The smallest absolute Gasteiger partial charge is 0.303 e. The molecule has 0 radical (unpaired) electrons. The van der Waals surface area contributed by atoms with Gasteiger partial charge in [0, 0.05) is 6.04 Å². The van der Waals surface area contributed by atoms with E-state index >= 15 is 0 Å². The predicted octanol–water partition coefficient (Wildman–Crippen LogP) is 2.18. The molecule has 0 saturated heterocycles. The van der Waals surface area contributed by atoms with Gasteiger partial charge in [-0.1, -0.05) is 13.0 Å². The highest BCUT2D eigenvalue weighted by atomic mass is 16.7. The lowest BCUT2D eigenvalue weighted by atomic mass is 9.76. The topological polar surface area (TPSA) is 81.8 Å². The summed E-state index contributed by atoms with van der Waals surface area (Å²) in [6, 6.07) is 5.64. The van der Waals surface area contributed by atoms with Crippen molar-refractivity contribution in [2.75, 3.05) is 6.79 Å². The van der Waals surface area contributed by atoms with Gasteiger partial charge in [-0.25, -0.2) is 0 Å². The third-order valence-corrected chi connectivity index (χ3v) is 4.08. The Bertz CT molecular complexity index is 501. The van der Waals surface area contributed by atoms with Crippen molar-refractivity contribution in [3.8, 4) is 11.5 Å². The fourth-order valence-electron chi connectivity index (χ4n) is 2.35. The van der Waals surface area contributed by atoms with Crippen molar-refractivity contribution < 1.29 is 19.4 Å². The second kappa shape index (κ2) is 5.71. The molecule has 1 heterocycles. The lowest BCUT2D eigenvalue weighted by molar-refractivity contribution is -0.140. The standard InChI is InChI=1S/C15H21NO4/c1-10(16)15(2,8-14(17)18)6-5-11-3-4-12-13(7-11)20-9-19-12/h3-4,7,10H,5-6,8-9,16H2,1-2H3,(H,17,18). The molecule has 2 unspecified atom stereocenters. The summed E-state index contributed by atoms with van der Waals surface area (Å²) in [6.45, 7) is 4.05. The first kappa shape index (κ1) is 14.7. The van der Waals surface area contributed by atoms with E-state index in [1.54, 1.807) is 0 Å². The van der Waals surface area contributed by atoms with Crippen LogP contribution in [0.5, 0.6) is 11.5 Å². The Morgan fingerprint density at radius 2 is 2.15 bits per heavy atom. The number of benzene rings is 1. The SMILES string of the molecule is CC(N)C(C)(CCc1ccc2c(c1)OCO2)CC(=O)O. The van der Waals surface area contributed by atoms with Crippen molar-refractivity contribution in [3.05, 3.63) is 23.8 Å². The van der Waals surface area contributed by atoms with E-state index in [-0.39, 0.29) is 19.3 Å². The minimum atomic E-state index is -0.810. The monoisotopic (exact) mass is 279 g/mol. The van der Waals surface area contributed by atoms with Gasteiger partial charge in [-0.3, -0.25) is 4.79 Å². The zero-order valence-electron chi connectivity index (χ0n) is 11.9. The molecule has 0 amide bonds. The molecule has 2 atom stereocenters. The molecule has 20 heavy (non-hydrogen) atoms. The number of hydrogen-bond donors (Lipinski definition) is 2. The first-order valence-corrected chi connectivity index (χ1v) is 6.76. The van der Waals surface area contributed by atoms with Gasteiger partial charge in [0.2, 0.25) is 6.79 Å². The number of carboxylic acids is 1. The minimum absolute atomic E-state index is 0.0786. The zero-order valence-corrected chi connectivity index (χ0v) is 11.9. The van der Waals surface area contributed by atoms with E-state index in [0.717, 1.165) is 29.9 Å². The summed E-state index contributed by atoms with van der Waals surface area (Å²) in [5.74, 6) is 0.702. The average Bonchev–Trinajstić information content (AvgIpc) is 2.82. The molecule has 5 heteroatoms. The molecule has 0 fully saturated rings. The highest BCUT2D eigenvalue weighted by molar-refractivity contribution is 5.67. The summed E-state index contributed by atoms with van der Waals surface area (Å²) in [5.41, 5.74) is 6.65. The fraction of sp³-hybridized carbons (Fsp3) is 0.533. The predicted molar refractivity (Wildman–Crippen MR) is 74.9 cm³/mol. The normalized spacial score (nSPS) is 17.6. The van der Waals surface area contributed by atoms with Crippen LogP contribution in [0.4, 0.5) is 0 Å². The van der Waals surface area contributed by atoms with Gasteiger partial charge in [-0.2, -0.15) is 0 Å². The second-order valence-electron chi connectivity index (χ2n) is 5.70. The molecule has 0 bridgehead atoms. The van der Waals surface area contributed by atoms with Gasteiger partial charge in [-0.05, 0) is 42.9 Å². The number of rotatable bonds is 6. The van der Waals surface area contributed by atoms with Gasteiger partial charge in [0.05, 0.1) is 6.42 Å². The van der Waals surface area contributed by atoms with E-state index in [9.17, 15) is 4.79 Å². The molecule has 1 aromatic rings. The number of carbonyl (C=O) groups is 1. The first-order chi connectivity index (χ1) is 9.40. The molecular formula is C15H21NO4. The molecule has 3 N–H and O–H groups in total. The largest absolute Gasteiger partial charge is 0.481 e. The van der Waals surface area contributed by atoms with E-state index in [0.29, 0.717) is 0 Å². The zero-order chi connectivity index (χ0) is 14.8. The molecule has 1 aliphatic rings. The van der Waals surface area contributed by atoms with Crippen LogP contribution < -0.4 is 15.2 Å². The molecule has 2 rings (SSSR count). The van der Waals surface area contributed by atoms with Gasteiger partial charge >= 0.3 is 5.97 Å². The molecular weight excluding hydrogens is 258 g/mol. The summed E-state index contributed by atoms with van der Waals surface area (Å²) >= 11 is 0. The van der Waals surface area contributed by atoms with Gasteiger partial charge in [0.15, 0.2) is 11.5 Å². The maximum absolute atomic E-state index is 11.0. The Labute approximate surface area is 118 Å². The Morgan fingerprint density at radius 1 is 1.45 bits per heavy atom. The third-order valence-electron chi connectivity index (χ3n) is 4.08. The van der Waals surface area contributed by atoms with Crippen LogP contribution in [0.2, 0.25) is 0 Å². The Morgan fingerprint density at radius 3 is 2.80 bits per heavy atom. The Kier molecular flexibility index (Phi) is 4.18. The summed E-state index contributed by atoms with van der Waals surface area (Å²) in [4.78, 5) is 11.0. The van der Waals surface area contributed by atoms with Gasteiger partial charge < -0.3 is 20.3 Å². The summed E-state index contributed by atoms with van der Waals surface area (Å²) < 4.78 is 10.6. The van der Waals surface area contributed by atoms with Crippen LogP contribution in [-0.2, 0) is 11.2 Å². The molecule has 0 aliphatic carbocycles. The molecule has 0 aromatic heterocycles. The van der Waals surface area contributed by atoms with Gasteiger partial charge in [-0.15, -0.1) is 0 Å². The molecule has 0 saturated carbocycles. The number of aliphatic carboxylic acids is 1. The number of hydrogen-bond acceptors (Lipinski definition) is 4. The van der Waals surface area contributed by atoms with Crippen LogP contribution in [0, 0.1) is 5.41 Å². The van der Waals surface area contributed by atoms with Crippen LogP contribution in [-0.4, -0.2) is 23.9 Å². The summed E-state index contributed by atoms with van der Waals surface area (Å²) in [5, 5.41) is 9.03. The highest BCUT2D eigenvalue weighted by Gasteiger charge is 2.31. The lowest BCUT2D eigenvalue weighted by Crippen LogP contribution is -2.39. The van der Waals surface area contributed by atoms with Crippen molar-refractivity contribution in [1.29, 1.82) is 0 Å². The number of fused-ring (bicyclic) bond motifs is 1. The van der Waals surface area contributed by atoms with E-state index in [2.05, 4.69) is 0 Å². The van der Waals surface area contributed by atoms with Crippen LogP contribution in [0.15, 0.2) is 18.2 Å². The second-order valence-corrected chi connectivity index (χ2v) is 5.70. The van der Waals surface area contributed by atoms with Crippen molar-refractivity contribution in [3.63, 3.8) is 0 Å². The van der Waals surface area contributed by atoms with Crippen molar-refractivity contribution >= 4 is 5.97 Å². The first-order valence-electron chi connectivity index (χ1n) is 6.76. The number of carboxylic acid groups (broad SMARTS) is 1. The summed E-state index contributed by atoms with van der Waals surface area (Å²) in [7, 11) is 0. The molecule has 1 aliphatic heterocycles. The molecule has 5 nitrogen and oxygen atoms in total. The number of aryl methyl sites for hydroxylation is 1. The maximum Gasteiger partial charge on any atom is 0.303 e. The fourth-order valence-corrected chi connectivity index (χ4v) is 2.35. The van der Waals surface area contributed by atoms with Crippen LogP contribution in [0.25, 0.3) is 0 Å². The average molecular weight is 279 g/mol. The van der Waals surface area contributed by atoms with Crippen LogP contribution in [0.1, 0.15) is 32.3 Å². The van der Waals surface area contributed by atoms with Gasteiger partial charge in [0.25, 0.3) is 0 Å². The van der Waals surface area contributed by atoms with Crippen molar-refractivity contribution in [1.82, 2.24) is 0 Å². The van der Waals surface area contributed by atoms with E-state index in [1.165, 1.54) is 0 Å². The highest BCUT2D eigenvalue weighted by Crippen LogP contribution is 2.35. The number of nitrogens with two attached hydrogens (primary N) is 1. The molecule has 110 valence electrons. The van der Waals surface area contributed by atoms with Gasteiger partial charge in [0.1, 0.15) is 0 Å². The minimum Gasteiger partial charge on any atom is -0.481 e. The Hall–Kier alpha value is -1.75. The van der Waals surface area contributed by atoms with Crippen LogP contribution >= 0.6 is 0 Å². The third kappa shape index (κ3) is 3.22. The maximum atomic E-state index is 11.0. The van der Waals surface area contributed by atoms with Crippen molar-refractivity contribution in [2.24, 2.45) is 11.1 Å². The Balaban J connectivity index is 2.04. The van der Waals surface area contributed by atoms with Crippen molar-refractivity contribution in [2.45, 2.75) is 39.2 Å². The van der Waals surface area contributed by atoms with Crippen LogP contribution in [0.3, 0.4) is 0 Å². The van der Waals surface area contributed by atoms with E-state index < -0.39 is 11.4 Å². The number of ether oxygens (including phenoxy) is 2. The van der Waals surface area contributed by atoms with E-state index in [1.807, 2.05) is 32.0 Å². The lowest BCUT2D eigenvalue weighted by Gasteiger charge is -2.32. The summed E-state index contributed by atoms with van der Waals surface area (Å²) in [6.07, 6.45) is 1.56. The molecule has 0 spiro atoms. The molecule has 1 aromatic carbocycles.